The first-order chi connectivity index (χ1) is 14.0. The van der Waals surface area contributed by atoms with E-state index in [9.17, 15) is 14.0 Å². The van der Waals surface area contributed by atoms with Crippen LogP contribution in [0.3, 0.4) is 0 Å². The van der Waals surface area contributed by atoms with Gasteiger partial charge in [-0.1, -0.05) is 40.2 Å². The van der Waals surface area contributed by atoms with Crippen molar-refractivity contribution in [3.63, 3.8) is 0 Å². The van der Waals surface area contributed by atoms with E-state index in [0.717, 1.165) is 10.0 Å². The van der Waals surface area contributed by atoms with Crippen LogP contribution in [-0.2, 0) is 11.3 Å². The van der Waals surface area contributed by atoms with Gasteiger partial charge in [0.15, 0.2) is 6.61 Å². The third-order valence-corrected chi connectivity index (χ3v) is 5.06. The Bertz CT molecular complexity index is 1090. The summed E-state index contributed by atoms with van der Waals surface area (Å²) in [5.74, 6) is -0.799. The summed E-state index contributed by atoms with van der Waals surface area (Å²) < 4.78 is 20.3. The second-order valence-electron chi connectivity index (χ2n) is 6.51. The van der Waals surface area contributed by atoms with E-state index in [2.05, 4.69) is 21.2 Å². The summed E-state index contributed by atoms with van der Waals surface area (Å²) in [5, 5.41) is 2.68. The van der Waals surface area contributed by atoms with Crippen molar-refractivity contribution in [2.24, 2.45) is 0 Å². The molecule has 0 saturated heterocycles. The minimum atomic E-state index is -0.599. The van der Waals surface area contributed by atoms with Crippen LogP contribution in [0.2, 0.25) is 0 Å². The van der Waals surface area contributed by atoms with Gasteiger partial charge in [0.05, 0.1) is 17.8 Å². The van der Waals surface area contributed by atoms with Gasteiger partial charge in [0.2, 0.25) is 0 Å². The van der Waals surface area contributed by atoms with Crippen molar-refractivity contribution in [3.8, 4) is 5.75 Å². The third kappa shape index (κ3) is 4.14. The molecule has 2 amide bonds. The largest absolute Gasteiger partial charge is 0.482 e. The van der Waals surface area contributed by atoms with Gasteiger partial charge in [-0.15, -0.1) is 0 Å². The standard InChI is InChI=1S/C22H16BrFN2O3/c23-15-7-5-14(6-8-15)12-26-19-11-16(9-10-20(19)29-13-21(26)27)25-22(28)17-3-1-2-4-18(17)24/h1-11H,12-13H2,(H,25,28). The molecule has 3 aromatic carbocycles. The zero-order chi connectivity index (χ0) is 20.4. The molecule has 1 heterocycles. The van der Waals surface area contributed by atoms with Crippen molar-refractivity contribution >= 4 is 39.1 Å². The summed E-state index contributed by atoms with van der Waals surface area (Å²) in [7, 11) is 0. The predicted molar refractivity (Wildman–Crippen MR) is 112 cm³/mol. The van der Waals surface area contributed by atoms with Crippen LogP contribution >= 0.6 is 15.9 Å². The zero-order valence-corrected chi connectivity index (χ0v) is 16.8. The van der Waals surface area contributed by atoms with E-state index < -0.39 is 11.7 Å². The number of hydrogen-bond donors (Lipinski definition) is 1. The van der Waals surface area contributed by atoms with Gasteiger partial charge in [-0.3, -0.25) is 9.59 Å². The summed E-state index contributed by atoms with van der Waals surface area (Å²) >= 11 is 3.40. The summed E-state index contributed by atoms with van der Waals surface area (Å²) in [6, 6.07) is 18.4. The van der Waals surface area contributed by atoms with E-state index in [1.54, 1.807) is 29.2 Å². The molecule has 0 unspecified atom stereocenters. The van der Waals surface area contributed by atoms with Gasteiger partial charge >= 0.3 is 0 Å². The first kappa shape index (κ1) is 19.1. The lowest BCUT2D eigenvalue weighted by atomic mass is 10.1. The number of ether oxygens (including phenoxy) is 1. The van der Waals surface area contributed by atoms with Gasteiger partial charge in [-0.2, -0.15) is 0 Å². The van der Waals surface area contributed by atoms with Gasteiger partial charge in [-0.25, -0.2) is 4.39 Å². The number of nitrogens with zero attached hydrogens (tertiary/aromatic N) is 1. The van der Waals surface area contributed by atoms with Crippen LogP contribution in [0, 0.1) is 5.82 Å². The SMILES string of the molecule is O=C(Nc1ccc2c(c1)N(Cc1ccc(Br)cc1)C(=O)CO2)c1ccccc1F. The quantitative estimate of drug-likeness (QED) is 0.617. The highest BCUT2D eigenvalue weighted by Crippen LogP contribution is 2.35. The molecule has 5 nitrogen and oxygen atoms in total. The van der Waals surface area contributed by atoms with Gasteiger partial charge < -0.3 is 15.0 Å². The molecule has 0 aromatic heterocycles. The Morgan fingerprint density at radius 3 is 2.62 bits per heavy atom. The average Bonchev–Trinajstić information content (AvgIpc) is 2.72. The Morgan fingerprint density at radius 2 is 1.86 bits per heavy atom. The molecule has 1 aliphatic heterocycles. The Morgan fingerprint density at radius 1 is 1.10 bits per heavy atom. The number of hydrogen-bond acceptors (Lipinski definition) is 3. The number of carbonyl (C=O) groups is 2. The Labute approximate surface area is 175 Å². The monoisotopic (exact) mass is 454 g/mol. The van der Waals surface area contributed by atoms with E-state index in [1.807, 2.05) is 24.3 Å². The van der Waals surface area contributed by atoms with Gasteiger partial charge in [-0.05, 0) is 48.0 Å². The number of nitrogens with one attached hydrogen (secondary N) is 1. The molecule has 0 spiro atoms. The van der Waals surface area contributed by atoms with E-state index in [4.69, 9.17) is 4.74 Å². The lowest BCUT2D eigenvalue weighted by molar-refractivity contribution is -0.121. The molecular weight excluding hydrogens is 439 g/mol. The average molecular weight is 455 g/mol. The molecule has 0 saturated carbocycles. The highest BCUT2D eigenvalue weighted by molar-refractivity contribution is 9.10. The number of carbonyl (C=O) groups excluding carboxylic acids is 2. The maximum atomic E-state index is 13.9. The number of benzene rings is 3. The molecule has 146 valence electrons. The molecule has 7 heteroatoms. The van der Waals surface area contributed by atoms with E-state index in [-0.39, 0.29) is 18.1 Å². The third-order valence-electron chi connectivity index (χ3n) is 4.53. The number of rotatable bonds is 4. The van der Waals surface area contributed by atoms with Crippen molar-refractivity contribution in [1.29, 1.82) is 0 Å². The summed E-state index contributed by atoms with van der Waals surface area (Å²) in [6.45, 7) is 0.317. The van der Waals surface area contributed by atoms with Crippen molar-refractivity contribution in [2.75, 3.05) is 16.8 Å². The molecule has 0 atom stereocenters. The Balaban J connectivity index is 1.61. The zero-order valence-electron chi connectivity index (χ0n) is 15.2. The van der Waals surface area contributed by atoms with E-state index in [0.29, 0.717) is 23.7 Å². The second-order valence-corrected chi connectivity index (χ2v) is 7.43. The number of fused-ring (bicyclic) bond motifs is 1. The van der Waals surface area contributed by atoms with Crippen molar-refractivity contribution in [1.82, 2.24) is 0 Å². The lowest BCUT2D eigenvalue weighted by Crippen LogP contribution is -2.38. The minimum absolute atomic E-state index is 0.0511. The van der Waals surface area contributed by atoms with Crippen molar-refractivity contribution in [3.05, 3.63) is 88.1 Å². The van der Waals surface area contributed by atoms with Crippen LogP contribution < -0.4 is 15.0 Å². The predicted octanol–water partition coefficient (Wildman–Crippen LogP) is 4.77. The smallest absolute Gasteiger partial charge is 0.265 e. The molecule has 0 aliphatic carbocycles. The molecular formula is C22H16BrFN2O3. The molecule has 1 aliphatic rings. The Hall–Kier alpha value is -3.19. The highest BCUT2D eigenvalue weighted by atomic mass is 79.9. The van der Waals surface area contributed by atoms with Crippen LogP contribution in [0.1, 0.15) is 15.9 Å². The molecule has 0 fully saturated rings. The van der Waals surface area contributed by atoms with Crippen molar-refractivity contribution in [2.45, 2.75) is 6.54 Å². The minimum Gasteiger partial charge on any atom is -0.482 e. The topological polar surface area (TPSA) is 58.6 Å². The maximum Gasteiger partial charge on any atom is 0.265 e. The van der Waals surface area contributed by atoms with Gasteiger partial charge in [0.25, 0.3) is 11.8 Å². The first-order valence-corrected chi connectivity index (χ1v) is 9.68. The maximum absolute atomic E-state index is 13.9. The normalized spacial score (nSPS) is 12.9. The fourth-order valence-corrected chi connectivity index (χ4v) is 3.33. The van der Waals surface area contributed by atoms with E-state index >= 15 is 0 Å². The summed E-state index contributed by atoms with van der Waals surface area (Å²) in [6.07, 6.45) is 0. The summed E-state index contributed by atoms with van der Waals surface area (Å²) in [4.78, 5) is 26.5. The van der Waals surface area contributed by atoms with Gasteiger partial charge in [0, 0.05) is 10.2 Å². The van der Waals surface area contributed by atoms with Crippen LogP contribution in [-0.4, -0.2) is 18.4 Å². The fraction of sp³-hybridized carbons (Fsp3) is 0.0909. The van der Waals surface area contributed by atoms with E-state index in [1.165, 1.54) is 18.2 Å². The number of amides is 2. The molecule has 0 bridgehead atoms. The molecule has 4 rings (SSSR count). The van der Waals surface area contributed by atoms with Crippen LogP contribution in [0.4, 0.5) is 15.8 Å². The van der Waals surface area contributed by atoms with Gasteiger partial charge in [0.1, 0.15) is 11.6 Å². The first-order valence-electron chi connectivity index (χ1n) is 8.89. The number of halogens is 2. The van der Waals surface area contributed by atoms with Crippen LogP contribution in [0.25, 0.3) is 0 Å². The van der Waals surface area contributed by atoms with Crippen molar-refractivity contribution < 1.29 is 18.7 Å². The Kier molecular flexibility index (Phi) is 5.31. The van der Waals surface area contributed by atoms with Crippen LogP contribution in [0.5, 0.6) is 5.75 Å². The second kappa shape index (κ2) is 8.05. The van der Waals surface area contributed by atoms with Crippen LogP contribution in [0.15, 0.2) is 71.2 Å². The molecule has 3 aromatic rings. The molecule has 0 radical (unpaired) electrons. The summed E-state index contributed by atoms with van der Waals surface area (Å²) in [5.41, 5.74) is 1.89. The lowest BCUT2D eigenvalue weighted by Gasteiger charge is -2.30. The fourth-order valence-electron chi connectivity index (χ4n) is 3.07. The highest BCUT2D eigenvalue weighted by Gasteiger charge is 2.26. The molecule has 1 N–H and O–H groups in total. The number of anilines is 2. The molecule has 29 heavy (non-hydrogen) atoms.